The topological polar surface area (TPSA) is 36.9 Å². The molecule has 0 aromatic heterocycles. The fourth-order valence-corrected chi connectivity index (χ4v) is 2.79. The zero-order chi connectivity index (χ0) is 11.6. The van der Waals surface area contributed by atoms with E-state index in [0.29, 0.717) is 13.2 Å². The third-order valence-corrected chi connectivity index (χ3v) is 3.75. The SMILES string of the molecule is CCO[Si](OCC)(OCCF)OCCF. The van der Waals surface area contributed by atoms with Crippen LogP contribution >= 0.6 is 0 Å². The maximum atomic E-state index is 12.0. The summed E-state index contributed by atoms with van der Waals surface area (Å²) < 4.78 is 44.6. The molecule has 0 unspecified atom stereocenters. The summed E-state index contributed by atoms with van der Waals surface area (Å²) in [5.74, 6) is 0. The van der Waals surface area contributed by atoms with E-state index in [9.17, 15) is 8.78 Å². The number of hydrogen-bond donors (Lipinski definition) is 0. The molecule has 0 aliphatic heterocycles. The average Bonchev–Trinajstić information content (AvgIpc) is 2.24. The molecule has 15 heavy (non-hydrogen) atoms. The van der Waals surface area contributed by atoms with Gasteiger partial charge >= 0.3 is 9.05 Å². The Morgan fingerprint density at radius 3 is 1.47 bits per heavy atom. The maximum Gasteiger partial charge on any atom is 0.679 e. The van der Waals surface area contributed by atoms with E-state index in [1.54, 1.807) is 13.8 Å². The van der Waals surface area contributed by atoms with Crippen LogP contribution in [0, 0.1) is 0 Å². The molecule has 0 radical (unpaired) electrons. The second-order valence-electron chi connectivity index (χ2n) is 2.44. The van der Waals surface area contributed by atoms with Crippen LogP contribution in [-0.4, -0.2) is 48.8 Å². The second kappa shape index (κ2) is 9.17. The summed E-state index contributed by atoms with van der Waals surface area (Å²) in [5, 5.41) is 0. The van der Waals surface area contributed by atoms with Gasteiger partial charge in [-0.3, -0.25) is 0 Å². The first-order valence-corrected chi connectivity index (χ1v) is 6.55. The van der Waals surface area contributed by atoms with E-state index in [4.69, 9.17) is 17.7 Å². The van der Waals surface area contributed by atoms with Crippen molar-refractivity contribution in [2.45, 2.75) is 13.8 Å². The van der Waals surface area contributed by atoms with Crippen LogP contribution in [0.25, 0.3) is 0 Å². The minimum atomic E-state index is -3.32. The summed E-state index contributed by atoms with van der Waals surface area (Å²) in [6, 6.07) is 0. The van der Waals surface area contributed by atoms with E-state index in [1.165, 1.54) is 0 Å². The average molecular weight is 244 g/mol. The molecule has 0 aliphatic rings. The largest absolute Gasteiger partial charge is 0.679 e. The quantitative estimate of drug-likeness (QED) is 0.545. The van der Waals surface area contributed by atoms with Crippen molar-refractivity contribution in [3.05, 3.63) is 0 Å². The first-order valence-electron chi connectivity index (χ1n) is 4.92. The molecule has 92 valence electrons. The number of halogens is 2. The molecule has 0 N–H and O–H groups in total. The third-order valence-electron chi connectivity index (χ3n) is 1.35. The van der Waals surface area contributed by atoms with Gasteiger partial charge in [-0.25, -0.2) is 8.78 Å². The maximum absolute atomic E-state index is 12.0. The highest BCUT2D eigenvalue weighted by atomic mass is 28.4. The third kappa shape index (κ3) is 6.16. The van der Waals surface area contributed by atoms with Crippen molar-refractivity contribution >= 4 is 9.05 Å². The molecule has 0 heterocycles. The van der Waals surface area contributed by atoms with Crippen molar-refractivity contribution in [3.8, 4) is 0 Å². The molecule has 0 fully saturated rings. The van der Waals surface area contributed by atoms with Crippen molar-refractivity contribution in [2.75, 3.05) is 39.8 Å². The van der Waals surface area contributed by atoms with Crippen molar-refractivity contribution in [1.29, 1.82) is 0 Å². The Hall–Kier alpha value is -0.0831. The fourth-order valence-electron chi connectivity index (χ4n) is 0.931. The predicted molar refractivity (Wildman–Crippen MR) is 52.9 cm³/mol. The first-order chi connectivity index (χ1) is 7.24. The Morgan fingerprint density at radius 2 is 1.20 bits per heavy atom. The lowest BCUT2D eigenvalue weighted by molar-refractivity contribution is -0.0340. The zero-order valence-electron chi connectivity index (χ0n) is 9.13. The van der Waals surface area contributed by atoms with Gasteiger partial charge in [0.15, 0.2) is 0 Å². The van der Waals surface area contributed by atoms with Gasteiger partial charge in [0.25, 0.3) is 0 Å². The fraction of sp³-hybridized carbons (Fsp3) is 1.00. The van der Waals surface area contributed by atoms with Gasteiger partial charge in [-0.05, 0) is 13.8 Å². The lowest BCUT2D eigenvalue weighted by atomic mass is 10.8. The van der Waals surface area contributed by atoms with Crippen molar-refractivity contribution in [3.63, 3.8) is 0 Å². The Bertz CT molecular complexity index is 135. The van der Waals surface area contributed by atoms with Crippen LogP contribution in [0.5, 0.6) is 0 Å². The van der Waals surface area contributed by atoms with Gasteiger partial charge in [-0.1, -0.05) is 0 Å². The monoisotopic (exact) mass is 244 g/mol. The summed E-state index contributed by atoms with van der Waals surface area (Å²) in [5.41, 5.74) is 0. The molecule has 0 amide bonds. The Morgan fingerprint density at radius 1 is 0.800 bits per heavy atom. The van der Waals surface area contributed by atoms with Crippen LogP contribution in [0.2, 0.25) is 0 Å². The molecule has 4 nitrogen and oxygen atoms in total. The number of alkyl halides is 2. The standard InChI is InChI=1S/C8H18F2O4Si/c1-3-11-15(12-4-2,13-7-5-9)14-8-6-10/h3-8H2,1-2H3. The Kier molecular flexibility index (Phi) is 9.11. The first kappa shape index (κ1) is 14.9. The summed E-state index contributed by atoms with van der Waals surface area (Å²) in [7, 11) is -3.32. The number of rotatable bonds is 10. The highest BCUT2D eigenvalue weighted by Gasteiger charge is 2.45. The van der Waals surface area contributed by atoms with Crippen LogP contribution in [0.1, 0.15) is 13.8 Å². The lowest BCUT2D eigenvalue weighted by Crippen LogP contribution is -2.50. The van der Waals surface area contributed by atoms with Gasteiger partial charge in [-0.2, -0.15) is 0 Å². The molecule has 0 bridgehead atoms. The minimum absolute atomic E-state index is 0.168. The molecule has 0 aliphatic carbocycles. The van der Waals surface area contributed by atoms with E-state index in [1.807, 2.05) is 0 Å². The van der Waals surface area contributed by atoms with Crippen molar-refractivity contribution in [1.82, 2.24) is 0 Å². The summed E-state index contributed by atoms with van der Waals surface area (Å²) in [6.45, 7) is 2.44. The van der Waals surface area contributed by atoms with Crippen molar-refractivity contribution < 1.29 is 26.5 Å². The summed E-state index contributed by atoms with van der Waals surface area (Å²) in [6.07, 6.45) is 0. The van der Waals surface area contributed by atoms with Gasteiger partial charge in [0.1, 0.15) is 13.3 Å². The van der Waals surface area contributed by atoms with Crippen LogP contribution < -0.4 is 0 Å². The molecule has 7 heteroatoms. The van der Waals surface area contributed by atoms with Gasteiger partial charge in [0.05, 0.1) is 13.2 Å². The highest BCUT2D eigenvalue weighted by molar-refractivity contribution is 6.53. The van der Waals surface area contributed by atoms with Gasteiger partial charge in [-0.15, -0.1) is 0 Å². The molecule has 0 aromatic carbocycles. The summed E-state index contributed by atoms with van der Waals surface area (Å²) in [4.78, 5) is 0. The van der Waals surface area contributed by atoms with E-state index in [0.717, 1.165) is 0 Å². The van der Waals surface area contributed by atoms with Crippen LogP contribution in [-0.2, 0) is 17.7 Å². The van der Waals surface area contributed by atoms with Gasteiger partial charge < -0.3 is 17.7 Å². The molecule has 0 saturated heterocycles. The predicted octanol–water partition coefficient (Wildman–Crippen LogP) is 1.47. The van der Waals surface area contributed by atoms with E-state index in [-0.39, 0.29) is 13.2 Å². The Labute approximate surface area is 90.0 Å². The number of hydrogen-bond acceptors (Lipinski definition) is 4. The van der Waals surface area contributed by atoms with Gasteiger partial charge in [0.2, 0.25) is 0 Å². The molecule has 0 spiro atoms. The molecule has 0 saturated carbocycles. The molecular formula is C8H18F2O4Si. The van der Waals surface area contributed by atoms with E-state index >= 15 is 0 Å². The van der Waals surface area contributed by atoms with Crippen molar-refractivity contribution in [2.24, 2.45) is 0 Å². The molecule has 0 aromatic rings. The zero-order valence-corrected chi connectivity index (χ0v) is 10.1. The van der Waals surface area contributed by atoms with Crippen LogP contribution in [0.4, 0.5) is 8.78 Å². The van der Waals surface area contributed by atoms with Crippen LogP contribution in [0.15, 0.2) is 0 Å². The van der Waals surface area contributed by atoms with Crippen LogP contribution in [0.3, 0.4) is 0 Å². The lowest BCUT2D eigenvalue weighted by Gasteiger charge is -2.26. The Balaban J connectivity index is 4.26. The van der Waals surface area contributed by atoms with E-state index in [2.05, 4.69) is 0 Å². The normalized spacial score (nSPS) is 12.0. The highest BCUT2D eigenvalue weighted by Crippen LogP contribution is 2.11. The molecule has 0 rings (SSSR count). The molecular weight excluding hydrogens is 226 g/mol. The minimum Gasteiger partial charge on any atom is -0.351 e. The smallest absolute Gasteiger partial charge is 0.351 e. The molecule has 0 atom stereocenters. The summed E-state index contributed by atoms with van der Waals surface area (Å²) >= 11 is 0. The van der Waals surface area contributed by atoms with Gasteiger partial charge in [0, 0.05) is 13.2 Å². The van der Waals surface area contributed by atoms with E-state index < -0.39 is 22.4 Å². The second-order valence-corrected chi connectivity index (χ2v) is 4.60.